The molecule has 98 valence electrons. The molecule has 4 heteroatoms. The highest BCUT2D eigenvalue weighted by Gasteiger charge is 2.48. The second kappa shape index (κ2) is 4.50. The molecule has 0 spiro atoms. The number of carbonyl (C=O) groups is 1. The molecule has 3 rings (SSSR count). The third kappa shape index (κ3) is 1.88. The number of carbonyl (C=O) groups excluding carboxylic acids is 1. The quantitative estimate of drug-likeness (QED) is 0.872. The van der Waals surface area contributed by atoms with E-state index in [9.17, 15) is 4.79 Å². The third-order valence-electron chi connectivity index (χ3n) is 4.87. The lowest BCUT2D eigenvalue weighted by molar-refractivity contribution is -0.124. The van der Waals surface area contributed by atoms with E-state index in [2.05, 4.69) is 4.98 Å². The van der Waals surface area contributed by atoms with Gasteiger partial charge < -0.3 is 10.3 Å². The van der Waals surface area contributed by atoms with Gasteiger partial charge in [0.05, 0.1) is 0 Å². The minimum atomic E-state index is 0.123. The first kappa shape index (κ1) is 11.9. The summed E-state index contributed by atoms with van der Waals surface area (Å²) in [5.74, 6) is 2.65. The maximum absolute atomic E-state index is 12.3. The number of ketones is 1. The number of aromatic nitrogens is 2. The van der Waals surface area contributed by atoms with Gasteiger partial charge in [-0.3, -0.25) is 4.79 Å². The van der Waals surface area contributed by atoms with E-state index in [0.29, 0.717) is 24.0 Å². The Balaban J connectivity index is 1.61. The van der Waals surface area contributed by atoms with Crippen LogP contribution >= 0.6 is 0 Å². The summed E-state index contributed by atoms with van der Waals surface area (Å²) < 4.78 is 1.98. The highest BCUT2D eigenvalue weighted by molar-refractivity contribution is 5.82. The van der Waals surface area contributed by atoms with Crippen LogP contribution < -0.4 is 5.73 Å². The van der Waals surface area contributed by atoms with Gasteiger partial charge in [-0.05, 0) is 31.1 Å². The standard InChI is InChI=1S/C14H21N3O/c1-17-7-6-16-12(17)5-4-11(18)13-9-2-3-10(8-9)14(13)15/h6-7,9-10,13-14H,2-5,8,15H2,1H3. The van der Waals surface area contributed by atoms with Crippen molar-refractivity contribution in [2.75, 3.05) is 0 Å². The maximum atomic E-state index is 12.3. The van der Waals surface area contributed by atoms with Crippen molar-refractivity contribution >= 4 is 5.78 Å². The van der Waals surface area contributed by atoms with Gasteiger partial charge in [-0.25, -0.2) is 4.98 Å². The van der Waals surface area contributed by atoms with Crippen molar-refractivity contribution in [1.29, 1.82) is 0 Å². The number of nitrogens with two attached hydrogens (primary N) is 1. The third-order valence-corrected chi connectivity index (χ3v) is 4.87. The SMILES string of the molecule is Cn1ccnc1CCC(=O)C1C2CCC(C2)C1N. The summed E-state index contributed by atoms with van der Waals surface area (Å²) >= 11 is 0. The van der Waals surface area contributed by atoms with Gasteiger partial charge in [0.2, 0.25) is 0 Å². The first-order valence-electron chi connectivity index (χ1n) is 6.91. The average molecular weight is 247 g/mol. The van der Waals surface area contributed by atoms with Crippen molar-refractivity contribution in [2.24, 2.45) is 30.5 Å². The zero-order valence-corrected chi connectivity index (χ0v) is 10.9. The Labute approximate surface area is 108 Å². The van der Waals surface area contributed by atoms with Gasteiger partial charge >= 0.3 is 0 Å². The maximum Gasteiger partial charge on any atom is 0.138 e. The van der Waals surface area contributed by atoms with E-state index in [1.54, 1.807) is 6.20 Å². The molecular formula is C14H21N3O. The van der Waals surface area contributed by atoms with Crippen molar-refractivity contribution in [2.45, 2.75) is 38.1 Å². The Hall–Kier alpha value is -1.16. The number of imidazole rings is 1. The molecule has 2 saturated carbocycles. The molecular weight excluding hydrogens is 226 g/mol. The van der Waals surface area contributed by atoms with E-state index in [1.807, 2.05) is 17.8 Å². The summed E-state index contributed by atoms with van der Waals surface area (Å²) in [5.41, 5.74) is 6.20. The zero-order chi connectivity index (χ0) is 12.7. The summed E-state index contributed by atoms with van der Waals surface area (Å²) in [4.78, 5) is 16.6. The molecule has 0 aromatic carbocycles. The van der Waals surface area contributed by atoms with Crippen LogP contribution in [-0.4, -0.2) is 21.4 Å². The van der Waals surface area contributed by atoms with Crippen LogP contribution in [0.25, 0.3) is 0 Å². The van der Waals surface area contributed by atoms with E-state index >= 15 is 0 Å². The molecule has 4 atom stereocenters. The van der Waals surface area contributed by atoms with Crippen LogP contribution in [0.15, 0.2) is 12.4 Å². The molecule has 1 heterocycles. The molecule has 4 nitrogen and oxygen atoms in total. The van der Waals surface area contributed by atoms with E-state index in [1.165, 1.54) is 19.3 Å². The van der Waals surface area contributed by atoms with Gasteiger partial charge in [-0.15, -0.1) is 0 Å². The fourth-order valence-corrected chi connectivity index (χ4v) is 3.85. The Morgan fingerprint density at radius 2 is 2.28 bits per heavy atom. The van der Waals surface area contributed by atoms with E-state index < -0.39 is 0 Å². The van der Waals surface area contributed by atoms with Crippen LogP contribution in [-0.2, 0) is 18.3 Å². The highest BCUT2D eigenvalue weighted by atomic mass is 16.1. The first-order chi connectivity index (χ1) is 8.66. The predicted molar refractivity (Wildman–Crippen MR) is 68.8 cm³/mol. The monoisotopic (exact) mass is 247 g/mol. The molecule has 0 radical (unpaired) electrons. The molecule has 0 saturated heterocycles. The van der Waals surface area contributed by atoms with E-state index in [0.717, 1.165) is 12.2 Å². The van der Waals surface area contributed by atoms with E-state index in [4.69, 9.17) is 5.73 Å². The second-order valence-corrected chi connectivity index (χ2v) is 5.86. The van der Waals surface area contributed by atoms with Gasteiger partial charge in [0, 0.05) is 44.2 Å². The normalized spacial score (nSPS) is 34.1. The number of fused-ring (bicyclic) bond motifs is 2. The van der Waals surface area contributed by atoms with Crippen LogP contribution in [0.3, 0.4) is 0 Å². The molecule has 2 fully saturated rings. The van der Waals surface area contributed by atoms with Crippen molar-refractivity contribution < 1.29 is 4.79 Å². The number of hydrogen-bond donors (Lipinski definition) is 1. The van der Waals surface area contributed by atoms with Crippen molar-refractivity contribution in [3.05, 3.63) is 18.2 Å². The Kier molecular flexibility index (Phi) is 2.98. The van der Waals surface area contributed by atoms with Crippen molar-refractivity contribution in [3.8, 4) is 0 Å². The van der Waals surface area contributed by atoms with E-state index in [-0.39, 0.29) is 12.0 Å². The first-order valence-corrected chi connectivity index (χ1v) is 6.91. The predicted octanol–water partition coefficient (Wildman–Crippen LogP) is 1.30. The van der Waals surface area contributed by atoms with Crippen molar-refractivity contribution in [3.63, 3.8) is 0 Å². The smallest absolute Gasteiger partial charge is 0.138 e. The number of nitrogens with zero attached hydrogens (tertiary/aromatic N) is 2. The van der Waals surface area contributed by atoms with Gasteiger partial charge in [0.1, 0.15) is 11.6 Å². The molecule has 2 N–H and O–H groups in total. The number of aryl methyl sites for hydroxylation is 2. The molecule has 2 aliphatic carbocycles. The Morgan fingerprint density at radius 1 is 1.50 bits per heavy atom. The largest absolute Gasteiger partial charge is 0.338 e. The lowest BCUT2D eigenvalue weighted by Crippen LogP contribution is -2.40. The van der Waals surface area contributed by atoms with Crippen molar-refractivity contribution in [1.82, 2.24) is 9.55 Å². The molecule has 2 aliphatic rings. The zero-order valence-electron chi connectivity index (χ0n) is 10.9. The Morgan fingerprint density at radius 3 is 2.89 bits per heavy atom. The summed E-state index contributed by atoms with van der Waals surface area (Å²) in [6.07, 6.45) is 8.65. The summed E-state index contributed by atoms with van der Waals surface area (Å²) in [6.45, 7) is 0. The van der Waals surface area contributed by atoms with Gasteiger partial charge in [-0.1, -0.05) is 0 Å². The fourth-order valence-electron chi connectivity index (χ4n) is 3.85. The fraction of sp³-hybridized carbons (Fsp3) is 0.714. The molecule has 2 bridgehead atoms. The molecule has 0 aliphatic heterocycles. The summed E-state index contributed by atoms with van der Waals surface area (Å²) in [7, 11) is 1.97. The van der Waals surface area contributed by atoms with Crippen LogP contribution in [0, 0.1) is 17.8 Å². The minimum Gasteiger partial charge on any atom is -0.338 e. The van der Waals surface area contributed by atoms with Gasteiger partial charge in [-0.2, -0.15) is 0 Å². The summed E-state index contributed by atoms with van der Waals surface area (Å²) in [6, 6.07) is 0.123. The molecule has 1 aromatic heterocycles. The number of hydrogen-bond acceptors (Lipinski definition) is 3. The second-order valence-electron chi connectivity index (χ2n) is 5.86. The molecule has 4 unspecified atom stereocenters. The van der Waals surface area contributed by atoms with Crippen LogP contribution in [0.5, 0.6) is 0 Å². The van der Waals surface area contributed by atoms with Crippen LogP contribution in [0.4, 0.5) is 0 Å². The molecule has 1 aromatic rings. The van der Waals surface area contributed by atoms with Crippen LogP contribution in [0.1, 0.15) is 31.5 Å². The number of rotatable bonds is 4. The van der Waals surface area contributed by atoms with Gasteiger partial charge in [0.25, 0.3) is 0 Å². The van der Waals surface area contributed by atoms with Gasteiger partial charge in [0.15, 0.2) is 0 Å². The molecule has 18 heavy (non-hydrogen) atoms. The minimum absolute atomic E-state index is 0.123. The lowest BCUT2D eigenvalue weighted by atomic mass is 9.81. The average Bonchev–Trinajstić information content (AvgIpc) is 3.02. The Bertz CT molecular complexity index is 452. The highest BCUT2D eigenvalue weighted by Crippen LogP contribution is 2.48. The lowest BCUT2D eigenvalue weighted by Gasteiger charge is -2.26. The topological polar surface area (TPSA) is 60.9 Å². The van der Waals surface area contributed by atoms with Crippen LogP contribution in [0.2, 0.25) is 0 Å². The number of Topliss-reactive ketones (excluding diaryl/α,β-unsaturated/α-hetero) is 1. The summed E-state index contributed by atoms with van der Waals surface area (Å²) in [5, 5.41) is 0. The molecule has 0 amide bonds.